The minimum atomic E-state index is -0.328. The summed E-state index contributed by atoms with van der Waals surface area (Å²) in [6.45, 7) is 1.32. The Bertz CT molecular complexity index is 633. The number of nitrogen functional groups attached to an aromatic ring is 1. The fraction of sp³-hybridized carbons (Fsp3) is 0.200. The molecular formula is C15H14FNO2S. The fourth-order valence-electron chi connectivity index (χ4n) is 1.95. The van der Waals surface area contributed by atoms with E-state index in [2.05, 4.69) is 0 Å². The zero-order valence-corrected chi connectivity index (χ0v) is 11.6. The van der Waals surface area contributed by atoms with Gasteiger partial charge in [-0.2, -0.15) is 0 Å². The Hall–Kier alpha value is -1.88. The van der Waals surface area contributed by atoms with Crippen molar-refractivity contribution in [3.05, 3.63) is 42.2 Å². The Labute approximate surface area is 120 Å². The van der Waals surface area contributed by atoms with Gasteiger partial charge in [-0.25, -0.2) is 4.39 Å². The summed E-state index contributed by atoms with van der Waals surface area (Å²) in [4.78, 5) is 1.80. The lowest BCUT2D eigenvalue weighted by Crippen LogP contribution is -1.97. The van der Waals surface area contributed by atoms with E-state index in [4.69, 9.17) is 15.2 Å². The second kappa shape index (κ2) is 5.63. The third-order valence-electron chi connectivity index (χ3n) is 2.92. The minimum Gasteiger partial charge on any atom is -0.490 e. The van der Waals surface area contributed by atoms with Gasteiger partial charge in [-0.15, -0.1) is 0 Å². The smallest absolute Gasteiger partial charge is 0.162 e. The zero-order valence-electron chi connectivity index (χ0n) is 10.8. The molecule has 2 aromatic carbocycles. The lowest BCUT2D eigenvalue weighted by atomic mass is 10.3. The van der Waals surface area contributed by atoms with Crippen LogP contribution in [-0.4, -0.2) is 13.2 Å². The maximum absolute atomic E-state index is 13.0. The van der Waals surface area contributed by atoms with Gasteiger partial charge in [-0.05, 0) is 36.4 Å². The van der Waals surface area contributed by atoms with Crippen LogP contribution in [0.4, 0.5) is 10.1 Å². The first-order valence-electron chi connectivity index (χ1n) is 6.35. The van der Waals surface area contributed by atoms with Crippen molar-refractivity contribution in [1.29, 1.82) is 0 Å². The van der Waals surface area contributed by atoms with Crippen LogP contribution in [0.25, 0.3) is 0 Å². The predicted octanol–water partition coefficient (Wildman–Crippen LogP) is 3.72. The number of ether oxygens (including phenoxy) is 2. The van der Waals surface area contributed by atoms with Crippen LogP contribution < -0.4 is 15.2 Å². The van der Waals surface area contributed by atoms with Gasteiger partial charge < -0.3 is 15.2 Å². The molecule has 0 radical (unpaired) electrons. The van der Waals surface area contributed by atoms with E-state index < -0.39 is 0 Å². The molecule has 0 aromatic heterocycles. The second-order valence-corrected chi connectivity index (χ2v) is 5.56. The van der Waals surface area contributed by atoms with Crippen LogP contribution >= 0.6 is 11.8 Å². The van der Waals surface area contributed by atoms with Crippen molar-refractivity contribution in [3.63, 3.8) is 0 Å². The van der Waals surface area contributed by atoms with E-state index in [-0.39, 0.29) is 5.82 Å². The monoisotopic (exact) mass is 291 g/mol. The number of halogens is 1. The quantitative estimate of drug-likeness (QED) is 0.856. The highest BCUT2D eigenvalue weighted by atomic mass is 32.2. The summed E-state index contributed by atoms with van der Waals surface area (Å²) in [5.41, 5.74) is 6.25. The zero-order chi connectivity index (χ0) is 13.9. The number of hydrogen-bond acceptors (Lipinski definition) is 4. The normalized spacial score (nSPS) is 13.8. The SMILES string of the molecule is Nc1cc(F)ccc1Sc1ccc2c(c1)OCCCO2. The molecule has 104 valence electrons. The van der Waals surface area contributed by atoms with Crippen LogP contribution in [0, 0.1) is 5.82 Å². The lowest BCUT2D eigenvalue weighted by molar-refractivity contribution is 0.297. The van der Waals surface area contributed by atoms with E-state index in [1.54, 1.807) is 6.07 Å². The van der Waals surface area contributed by atoms with Gasteiger partial charge in [0.15, 0.2) is 11.5 Å². The Kier molecular flexibility index (Phi) is 3.69. The maximum Gasteiger partial charge on any atom is 0.162 e. The Balaban J connectivity index is 1.86. The summed E-state index contributed by atoms with van der Waals surface area (Å²) in [5, 5.41) is 0. The molecule has 1 heterocycles. The molecule has 3 nitrogen and oxygen atoms in total. The molecule has 20 heavy (non-hydrogen) atoms. The van der Waals surface area contributed by atoms with Gasteiger partial charge in [0.05, 0.1) is 13.2 Å². The number of rotatable bonds is 2. The fourth-order valence-corrected chi connectivity index (χ4v) is 2.82. The van der Waals surface area contributed by atoms with Crippen molar-refractivity contribution < 1.29 is 13.9 Å². The summed E-state index contributed by atoms with van der Waals surface area (Å²) in [6, 6.07) is 10.2. The van der Waals surface area contributed by atoms with Crippen LogP contribution in [0.15, 0.2) is 46.2 Å². The van der Waals surface area contributed by atoms with Crippen molar-refractivity contribution in [1.82, 2.24) is 0 Å². The molecule has 0 bridgehead atoms. The Morgan fingerprint density at radius 2 is 1.80 bits per heavy atom. The van der Waals surface area contributed by atoms with E-state index in [0.29, 0.717) is 18.9 Å². The van der Waals surface area contributed by atoms with Crippen LogP contribution in [0.2, 0.25) is 0 Å². The maximum atomic E-state index is 13.0. The van der Waals surface area contributed by atoms with E-state index in [9.17, 15) is 4.39 Å². The Morgan fingerprint density at radius 3 is 2.60 bits per heavy atom. The summed E-state index contributed by atoms with van der Waals surface area (Å²) in [6.07, 6.45) is 0.877. The molecule has 5 heteroatoms. The van der Waals surface area contributed by atoms with Crippen LogP contribution in [0.1, 0.15) is 6.42 Å². The summed E-state index contributed by atoms with van der Waals surface area (Å²) in [5.74, 6) is 1.18. The lowest BCUT2D eigenvalue weighted by Gasteiger charge is -2.10. The average molecular weight is 291 g/mol. The molecule has 0 fully saturated rings. The van der Waals surface area contributed by atoms with Gasteiger partial charge in [0.2, 0.25) is 0 Å². The molecular weight excluding hydrogens is 277 g/mol. The molecule has 0 spiro atoms. The van der Waals surface area contributed by atoms with Crippen LogP contribution in [0.3, 0.4) is 0 Å². The molecule has 1 aliphatic heterocycles. The third-order valence-corrected chi connectivity index (χ3v) is 4.00. The van der Waals surface area contributed by atoms with E-state index >= 15 is 0 Å². The Morgan fingerprint density at radius 1 is 1.00 bits per heavy atom. The highest BCUT2D eigenvalue weighted by Gasteiger charge is 2.12. The van der Waals surface area contributed by atoms with Gasteiger partial charge in [0, 0.05) is 21.9 Å². The predicted molar refractivity (Wildman–Crippen MR) is 77.0 cm³/mol. The summed E-state index contributed by atoms with van der Waals surface area (Å²) >= 11 is 1.48. The molecule has 0 saturated heterocycles. The van der Waals surface area contributed by atoms with Gasteiger partial charge in [0.25, 0.3) is 0 Å². The van der Waals surface area contributed by atoms with Gasteiger partial charge in [-0.1, -0.05) is 11.8 Å². The standard InChI is InChI=1S/C15H14FNO2S/c16-10-2-5-15(12(17)8-10)20-11-3-4-13-14(9-11)19-7-1-6-18-13/h2-5,8-9H,1,6-7,17H2. The summed E-state index contributed by atoms with van der Waals surface area (Å²) in [7, 11) is 0. The number of benzene rings is 2. The largest absolute Gasteiger partial charge is 0.490 e. The van der Waals surface area contributed by atoms with Crippen molar-refractivity contribution in [3.8, 4) is 11.5 Å². The highest BCUT2D eigenvalue weighted by molar-refractivity contribution is 7.99. The first-order valence-corrected chi connectivity index (χ1v) is 7.16. The molecule has 0 unspecified atom stereocenters. The number of nitrogens with two attached hydrogens (primary N) is 1. The molecule has 0 saturated carbocycles. The molecule has 0 amide bonds. The molecule has 0 aliphatic carbocycles. The summed E-state index contributed by atoms with van der Waals surface area (Å²) < 4.78 is 24.3. The van der Waals surface area contributed by atoms with Crippen molar-refractivity contribution in [2.45, 2.75) is 16.2 Å². The number of hydrogen-bond donors (Lipinski definition) is 1. The van der Waals surface area contributed by atoms with E-state index in [0.717, 1.165) is 27.7 Å². The highest BCUT2D eigenvalue weighted by Crippen LogP contribution is 2.38. The minimum absolute atomic E-state index is 0.328. The van der Waals surface area contributed by atoms with Crippen molar-refractivity contribution >= 4 is 17.4 Å². The molecule has 1 aliphatic rings. The van der Waals surface area contributed by atoms with Crippen LogP contribution in [-0.2, 0) is 0 Å². The van der Waals surface area contributed by atoms with Crippen molar-refractivity contribution in [2.24, 2.45) is 0 Å². The van der Waals surface area contributed by atoms with E-state index in [1.165, 1.54) is 23.9 Å². The van der Waals surface area contributed by atoms with Gasteiger partial charge >= 0.3 is 0 Å². The molecule has 3 rings (SSSR count). The third kappa shape index (κ3) is 2.82. The van der Waals surface area contributed by atoms with Crippen LogP contribution in [0.5, 0.6) is 11.5 Å². The average Bonchev–Trinajstić information content (AvgIpc) is 2.66. The first kappa shape index (κ1) is 13.1. The first-order chi connectivity index (χ1) is 9.72. The second-order valence-electron chi connectivity index (χ2n) is 4.44. The molecule has 0 atom stereocenters. The number of anilines is 1. The number of fused-ring (bicyclic) bond motifs is 1. The van der Waals surface area contributed by atoms with Gasteiger partial charge in [-0.3, -0.25) is 0 Å². The van der Waals surface area contributed by atoms with E-state index in [1.807, 2.05) is 18.2 Å². The topological polar surface area (TPSA) is 44.5 Å². The molecule has 2 N–H and O–H groups in total. The molecule has 2 aromatic rings. The van der Waals surface area contributed by atoms with Gasteiger partial charge in [0.1, 0.15) is 5.82 Å². The van der Waals surface area contributed by atoms with Crippen molar-refractivity contribution in [2.75, 3.05) is 18.9 Å².